The zero-order valence-corrected chi connectivity index (χ0v) is 46.3. The number of esters is 3. The van der Waals surface area contributed by atoms with E-state index in [4.69, 9.17) is 14.2 Å². The first-order chi connectivity index (χ1) is 34.0. The van der Waals surface area contributed by atoms with Crippen LogP contribution in [0.25, 0.3) is 0 Å². The molecule has 6 heteroatoms. The van der Waals surface area contributed by atoms with E-state index in [1.807, 2.05) is 0 Å². The van der Waals surface area contributed by atoms with Crippen LogP contribution in [0.5, 0.6) is 0 Å². The molecule has 0 aliphatic carbocycles. The van der Waals surface area contributed by atoms with E-state index in [2.05, 4.69) is 57.2 Å². The predicted octanol–water partition coefficient (Wildman–Crippen LogP) is 20.4. The Morgan fingerprint density at radius 1 is 0.290 bits per heavy atom. The van der Waals surface area contributed by atoms with Crippen molar-refractivity contribution in [3.8, 4) is 0 Å². The molecule has 0 aromatic heterocycles. The Kier molecular flexibility index (Phi) is 56.2. The van der Waals surface area contributed by atoms with Crippen LogP contribution in [-0.4, -0.2) is 37.2 Å². The Bertz CT molecular complexity index is 1160. The van der Waals surface area contributed by atoms with Crippen molar-refractivity contribution >= 4 is 17.9 Å². The molecule has 0 saturated carbocycles. The third-order valence-electron chi connectivity index (χ3n) is 13.6. The van der Waals surface area contributed by atoms with E-state index < -0.39 is 6.10 Å². The van der Waals surface area contributed by atoms with Gasteiger partial charge in [0.2, 0.25) is 0 Å². The summed E-state index contributed by atoms with van der Waals surface area (Å²) in [7, 11) is 0. The van der Waals surface area contributed by atoms with Crippen molar-refractivity contribution in [3.63, 3.8) is 0 Å². The molecule has 1 unspecified atom stereocenters. The number of unbranched alkanes of at least 4 members (excludes halogenated alkanes) is 39. The van der Waals surface area contributed by atoms with E-state index in [-0.39, 0.29) is 31.1 Å². The largest absolute Gasteiger partial charge is 0.462 e. The zero-order chi connectivity index (χ0) is 50.0. The van der Waals surface area contributed by atoms with Gasteiger partial charge in [-0.15, -0.1) is 0 Å². The monoisotopic (exact) mass is 969 g/mol. The summed E-state index contributed by atoms with van der Waals surface area (Å²) in [5, 5.41) is 0. The highest BCUT2D eigenvalue weighted by atomic mass is 16.6. The molecule has 69 heavy (non-hydrogen) atoms. The van der Waals surface area contributed by atoms with Gasteiger partial charge in [-0.2, -0.15) is 0 Å². The van der Waals surface area contributed by atoms with Crippen LogP contribution < -0.4 is 0 Å². The van der Waals surface area contributed by atoms with Crippen molar-refractivity contribution in [2.45, 2.75) is 335 Å². The summed E-state index contributed by atoms with van der Waals surface area (Å²) < 4.78 is 16.8. The van der Waals surface area contributed by atoms with Crippen molar-refractivity contribution in [2.24, 2.45) is 0 Å². The molecule has 0 fully saturated rings. The fourth-order valence-corrected chi connectivity index (χ4v) is 9.00. The van der Waals surface area contributed by atoms with Gasteiger partial charge in [-0.05, 0) is 77.0 Å². The van der Waals surface area contributed by atoms with Gasteiger partial charge in [0.25, 0.3) is 0 Å². The second-order valence-electron chi connectivity index (χ2n) is 20.6. The van der Waals surface area contributed by atoms with Gasteiger partial charge in [0.05, 0.1) is 0 Å². The number of hydrogen-bond acceptors (Lipinski definition) is 6. The summed E-state index contributed by atoms with van der Waals surface area (Å²) in [5.41, 5.74) is 0. The van der Waals surface area contributed by atoms with Crippen LogP contribution in [0.15, 0.2) is 36.5 Å². The summed E-state index contributed by atoms with van der Waals surface area (Å²) in [6.07, 6.45) is 70.2. The lowest BCUT2D eigenvalue weighted by molar-refractivity contribution is -0.167. The Morgan fingerprint density at radius 3 is 0.826 bits per heavy atom. The topological polar surface area (TPSA) is 78.9 Å². The van der Waals surface area contributed by atoms with Crippen LogP contribution in [-0.2, 0) is 28.6 Å². The van der Waals surface area contributed by atoms with Gasteiger partial charge in [0, 0.05) is 19.3 Å². The van der Waals surface area contributed by atoms with E-state index in [1.165, 1.54) is 218 Å². The summed E-state index contributed by atoms with van der Waals surface area (Å²) in [6, 6.07) is 0. The molecule has 6 nitrogen and oxygen atoms in total. The van der Waals surface area contributed by atoms with Crippen LogP contribution in [0.3, 0.4) is 0 Å². The molecule has 0 aromatic carbocycles. The molecule has 0 heterocycles. The third-order valence-corrected chi connectivity index (χ3v) is 13.6. The molecule has 0 bridgehead atoms. The van der Waals surface area contributed by atoms with Crippen LogP contribution in [0.2, 0.25) is 0 Å². The Hall–Kier alpha value is -2.37. The standard InChI is InChI=1S/C63H116O6/c1-4-7-10-13-16-19-21-23-24-25-26-27-28-29-30-31-32-33-34-35-36-37-38-40-41-44-47-50-53-56-62(65)68-59-60(58-67-61(64)55-52-49-46-43-18-15-12-9-6-3)69-63(66)57-54-51-48-45-42-39-22-20-17-14-11-8-5-2/h20-23,25-26,60H,4-19,24,27-59H2,1-3H3/b22-20-,23-21-,26-25-. The van der Waals surface area contributed by atoms with E-state index in [1.54, 1.807) is 0 Å². The van der Waals surface area contributed by atoms with Crippen LogP contribution in [0, 0.1) is 0 Å². The van der Waals surface area contributed by atoms with E-state index in [0.29, 0.717) is 19.3 Å². The minimum atomic E-state index is -0.771. The van der Waals surface area contributed by atoms with Crippen LogP contribution in [0.4, 0.5) is 0 Å². The maximum absolute atomic E-state index is 12.8. The van der Waals surface area contributed by atoms with Crippen LogP contribution >= 0.6 is 0 Å². The average Bonchev–Trinajstić information content (AvgIpc) is 3.35. The molecule has 0 amide bonds. The van der Waals surface area contributed by atoms with Crippen molar-refractivity contribution in [1.82, 2.24) is 0 Å². The number of rotatable bonds is 56. The Morgan fingerprint density at radius 2 is 0.522 bits per heavy atom. The highest BCUT2D eigenvalue weighted by Gasteiger charge is 2.19. The van der Waals surface area contributed by atoms with E-state index >= 15 is 0 Å². The molecule has 0 saturated heterocycles. The SMILES string of the molecule is CCCCCC/C=C\CCCCCCCC(=O)OC(COC(=O)CCCCCCCCCCC)COC(=O)CCCCCCCCCCCCCCCCCCC/C=C\C/C=C\CCCCCCC. The van der Waals surface area contributed by atoms with E-state index in [9.17, 15) is 14.4 Å². The van der Waals surface area contributed by atoms with Gasteiger partial charge in [-0.3, -0.25) is 14.4 Å². The summed E-state index contributed by atoms with van der Waals surface area (Å²) in [4.78, 5) is 38.0. The lowest BCUT2D eigenvalue weighted by atomic mass is 10.0. The molecule has 0 rings (SSSR count). The molecule has 0 aromatic rings. The lowest BCUT2D eigenvalue weighted by Gasteiger charge is -2.18. The second-order valence-corrected chi connectivity index (χ2v) is 20.6. The van der Waals surface area contributed by atoms with Gasteiger partial charge in [0.1, 0.15) is 13.2 Å². The van der Waals surface area contributed by atoms with Crippen molar-refractivity contribution < 1.29 is 28.6 Å². The summed E-state index contributed by atoms with van der Waals surface area (Å²) in [5.74, 6) is -0.866. The van der Waals surface area contributed by atoms with Gasteiger partial charge in [0.15, 0.2) is 6.10 Å². The molecular formula is C63H116O6. The molecule has 0 aliphatic heterocycles. The first-order valence-corrected chi connectivity index (χ1v) is 30.5. The first-order valence-electron chi connectivity index (χ1n) is 30.5. The third kappa shape index (κ3) is 56.4. The number of carbonyl (C=O) groups excluding carboxylic acids is 3. The van der Waals surface area contributed by atoms with Crippen molar-refractivity contribution in [3.05, 3.63) is 36.5 Å². The number of hydrogen-bond donors (Lipinski definition) is 0. The lowest BCUT2D eigenvalue weighted by Crippen LogP contribution is -2.30. The predicted molar refractivity (Wildman–Crippen MR) is 298 cm³/mol. The van der Waals surface area contributed by atoms with Crippen LogP contribution in [0.1, 0.15) is 329 Å². The van der Waals surface area contributed by atoms with Gasteiger partial charge >= 0.3 is 17.9 Å². The normalized spacial score (nSPS) is 12.2. The number of allylic oxidation sites excluding steroid dienone is 6. The zero-order valence-electron chi connectivity index (χ0n) is 46.3. The van der Waals surface area contributed by atoms with Crippen molar-refractivity contribution in [2.75, 3.05) is 13.2 Å². The smallest absolute Gasteiger partial charge is 0.306 e. The number of ether oxygens (including phenoxy) is 3. The minimum absolute atomic E-state index is 0.0711. The Balaban J connectivity index is 4.06. The quantitative estimate of drug-likeness (QED) is 0.0261. The second kappa shape index (κ2) is 58.2. The molecule has 0 radical (unpaired) electrons. The van der Waals surface area contributed by atoms with Gasteiger partial charge in [-0.25, -0.2) is 0 Å². The fraction of sp³-hybridized carbons (Fsp3) is 0.857. The average molecular weight is 970 g/mol. The molecule has 0 spiro atoms. The number of carbonyl (C=O) groups is 3. The van der Waals surface area contributed by atoms with Gasteiger partial charge in [-0.1, -0.05) is 269 Å². The molecule has 0 N–H and O–H groups in total. The molecular weight excluding hydrogens is 853 g/mol. The highest BCUT2D eigenvalue weighted by molar-refractivity contribution is 5.71. The highest BCUT2D eigenvalue weighted by Crippen LogP contribution is 2.17. The maximum Gasteiger partial charge on any atom is 0.306 e. The minimum Gasteiger partial charge on any atom is -0.462 e. The fourth-order valence-electron chi connectivity index (χ4n) is 9.00. The first kappa shape index (κ1) is 66.6. The maximum atomic E-state index is 12.8. The molecule has 0 aliphatic rings. The van der Waals surface area contributed by atoms with Gasteiger partial charge < -0.3 is 14.2 Å². The summed E-state index contributed by atoms with van der Waals surface area (Å²) in [6.45, 7) is 6.62. The molecule has 404 valence electrons. The Labute approximate surface area is 429 Å². The molecule has 1 atom stereocenters. The van der Waals surface area contributed by atoms with E-state index in [0.717, 1.165) is 70.6 Å². The summed E-state index contributed by atoms with van der Waals surface area (Å²) >= 11 is 0. The van der Waals surface area contributed by atoms with Crippen molar-refractivity contribution in [1.29, 1.82) is 0 Å².